The van der Waals surface area contributed by atoms with Crippen LogP contribution in [0.5, 0.6) is 5.75 Å². The first-order chi connectivity index (χ1) is 17.1. The molecule has 0 unspecified atom stereocenters. The van der Waals surface area contributed by atoms with Gasteiger partial charge in [0, 0.05) is 52.4 Å². The van der Waals surface area contributed by atoms with Crippen molar-refractivity contribution in [1.82, 2.24) is 9.80 Å². The minimum atomic E-state index is -0.962. The van der Waals surface area contributed by atoms with E-state index in [9.17, 15) is 19.5 Å². The molecule has 0 saturated heterocycles. The number of carbonyl (C=O) groups is 3. The van der Waals surface area contributed by atoms with Gasteiger partial charge >= 0.3 is 5.97 Å². The molecule has 194 valence electrons. The molecule has 1 aliphatic rings. The van der Waals surface area contributed by atoms with Crippen molar-refractivity contribution < 1.29 is 29.0 Å². The fourth-order valence-corrected chi connectivity index (χ4v) is 4.44. The van der Waals surface area contributed by atoms with Crippen LogP contribution in [-0.4, -0.2) is 78.7 Å². The van der Waals surface area contributed by atoms with E-state index < -0.39 is 5.97 Å². The summed E-state index contributed by atoms with van der Waals surface area (Å²) in [6.07, 6.45) is -0.245. The highest BCUT2D eigenvalue weighted by Crippen LogP contribution is 2.27. The molecule has 0 radical (unpaired) electrons. The number of likely N-dealkylation sites (N-methyl/N-ethyl adjacent to an activating group) is 1. The number of ether oxygens (including phenoxy) is 2. The molecule has 3 atom stereocenters. The Hall–Kier alpha value is -3.43. The first-order valence-corrected chi connectivity index (χ1v) is 12.0. The topological polar surface area (TPSA) is 108 Å². The summed E-state index contributed by atoms with van der Waals surface area (Å²) in [5.74, 6) is -0.970. The van der Waals surface area contributed by atoms with Crippen molar-refractivity contribution in [3.05, 3.63) is 59.2 Å². The lowest BCUT2D eigenvalue weighted by Gasteiger charge is -2.36. The van der Waals surface area contributed by atoms with Gasteiger partial charge in [-0.15, -0.1) is 0 Å². The number of carboxylic acid groups (broad SMARTS) is 1. The molecule has 0 bridgehead atoms. The number of fused-ring (bicyclic) bond motifs is 1. The smallest absolute Gasteiger partial charge is 0.336 e. The monoisotopic (exact) mass is 497 g/mol. The van der Waals surface area contributed by atoms with E-state index in [4.69, 9.17) is 9.47 Å². The molecule has 3 rings (SSSR count). The highest BCUT2D eigenvalue weighted by Gasteiger charge is 2.29. The fraction of sp³-hybridized carbons (Fsp3) is 0.444. The molecule has 2 amide bonds. The second-order valence-corrected chi connectivity index (χ2v) is 9.38. The standard InChI is InChI=1S/C27H35N3O6/c1-17-13-30(14-20-8-6-7-9-22(20)27(33)34)18(2)16-36-24-11-10-21(28-19(3)31)12-23(24)26(32)29(4)15-25(17)35-5/h6-12,17-18,25H,13-16H2,1-5H3,(H,28,31)(H,33,34)/t17-,18+,25-/m0/s1. The Morgan fingerprint density at radius 2 is 1.89 bits per heavy atom. The molecule has 1 heterocycles. The summed E-state index contributed by atoms with van der Waals surface area (Å²) < 4.78 is 11.9. The molecule has 2 aromatic carbocycles. The second-order valence-electron chi connectivity index (χ2n) is 9.38. The van der Waals surface area contributed by atoms with Gasteiger partial charge in [0.15, 0.2) is 0 Å². The van der Waals surface area contributed by atoms with E-state index in [1.165, 1.54) is 6.92 Å². The van der Waals surface area contributed by atoms with Gasteiger partial charge in [-0.3, -0.25) is 14.5 Å². The van der Waals surface area contributed by atoms with Gasteiger partial charge in [0.05, 0.1) is 17.2 Å². The number of benzene rings is 2. The highest BCUT2D eigenvalue weighted by molar-refractivity contribution is 5.99. The predicted octanol–water partition coefficient (Wildman–Crippen LogP) is 3.35. The Morgan fingerprint density at radius 1 is 1.17 bits per heavy atom. The molecular formula is C27H35N3O6. The van der Waals surface area contributed by atoms with Gasteiger partial charge in [-0.05, 0) is 42.7 Å². The van der Waals surface area contributed by atoms with Gasteiger partial charge in [0.1, 0.15) is 12.4 Å². The minimum Gasteiger partial charge on any atom is -0.491 e. The average Bonchev–Trinajstić information content (AvgIpc) is 2.84. The van der Waals surface area contributed by atoms with Crippen LogP contribution in [0, 0.1) is 5.92 Å². The number of carbonyl (C=O) groups excluding carboxylic acids is 2. The van der Waals surface area contributed by atoms with Crippen LogP contribution in [0.4, 0.5) is 5.69 Å². The number of amides is 2. The first kappa shape index (κ1) is 27.2. The predicted molar refractivity (Wildman–Crippen MR) is 136 cm³/mol. The number of carboxylic acids is 1. The number of rotatable bonds is 5. The Labute approximate surface area is 212 Å². The zero-order valence-electron chi connectivity index (χ0n) is 21.5. The maximum absolute atomic E-state index is 13.4. The molecule has 9 nitrogen and oxygen atoms in total. The molecule has 1 aliphatic heterocycles. The third-order valence-corrected chi connectivity index (χ3v) is 6.52. The van der Waals surface area contributed by atoms with E-state index in [1.807, 2.05) is 19.1 Å². The van der Waals surface area contributed by atoms with Crippen LogP contribution in [0.15, 0.2) is 42.5 Å². The third kappa shape index (κ3) is 6.61. The Kier molecular flexibility index (Phi) is 9.06. The minimum absolute atomic E-state index is 0.0364. The van der Waals surface area contributed by atoms with Gasteiger partial charge in [0.25, 0.3) is 5.91 Å². The molecule has 0 aliphatic carbocycles. The number of nitrogens with one attached hydrogen (secondary N) is 1. The maximum Gasteiger partial charge on any atom is 0.336 e. The van der Waals surface area contributed by atoms with Gasteiger partial charge in [-0.1, -0.05) is 25.1 Å². The summed E-state index contributed by atoms with van der Waals surface area (Å²) in [5, 5.41) is 12.4. The van der Waals surface area contributed by atoms with Crippen molar-refractivity contribution in [3.63, 3.8) is 0 Å². The van der Waals surface area contributed by atoms with Crippen molar-refractivity contribution in [1.29, 1.82) is 0 Å². The summed E-state index contributed by atoms with van der Waals surface area (Å²) in [5.41, 5.74) is 1.85. The van der Waals surface area contributed by atoms with E-state index in [0.717, 1.165) is 5.56 Å². The van der Waals surface area contributed by atoms with Crippen LogP contribution in [0.3, 0.4) is 0 Å². The summed E-state index contributed by atoms with van der Waals surface area (Å²) in [7, 11) is 3.34. The molecule has 2 aromatic rings. The second kappa shape index (κ2) is 12.0. The molecule has 2 N–H and O–H groups in total. The van der Waals surface area contributed by atoms with E-state index in [2.05, 4.69) is 17.1 Å². The zero-order valence-corrected chi connectivity index (χ0v) is 21.5. The van der Waals surface area contributed by atoms with Crippen molar-refractivity contribution in [2.24, 2.45) is 5.92 Å². The fourth-order valence-electron chi connectivity index (χ4n) is 4.44. The average molecular weight is 498 g/mol. The number of nitrogens with zero attached hydrogens (tertiary/aromatic N) is 2. The van der Waals surface area contributed by atoms with Gasteiger partial charge in [0.2, 0.25) is 5.91 Å². The van der Waals surface area contributed by atoms with Crippen molar-refractivity contribution >= 4 is 23.5 Å². The summed E-state index contributed by atoms with van der Waals surface area (Å²) in [6, 6.07) is 11.9. The van der Waals surface area contributed by atoms with E-state index in [1.54, 1.807) is 49.4 Å². The number of methoxy groups -OCH3 is 1. The summed E-state index contributed by atoms with van der Waals surface area (Å²) in [6.45, 7) is 7.17. The lowest BCUT2D eigenvalue weighted by atomic mass is 10.00. The van der Waals surface area contributed by atoms with E-state index in [-0.39, 0.29) is 42.0 Å². The van der Waals surface area contributed by atoms with Crippen LogP contribution < -0.4 is 10.1 Å². The van der Waals surface area contributed by atoms with Crippen LogP contribution in [0.25, 0.3) is 0 Å². The molecule has 0 spiro atoms. The molecule has 36 heavy (non-hydrogen) atoms. The van der Waals surface area contributed by atoms with Gasteiger partial charge in [-0.25, -0.2) is 4.79 Å². The molecule has 0 saturated carbocycles. The van der Waals surface area contributed by atoms with Gasteiger partial charge in [-0.2, -0.15) is 0 Å². The highest BCUT2D eigenvalue weighted by atomic mass is 16.5. The quantitative estimate of drug-likeness (QED) is 0.652. The lowest BCUT2D eigenvalue weighted by Crippen LogP contribution is -2.46. The molecule has 0 aromatic heterocycles. The molecular weight excluding hydrogens is 462 g/mol. The maximum atomic E-state index is 13.4. The van der Waals surface area contributed by atoms with Crippen molar-refractivity contribution in [2.75, 3.05) is 39.2 Å². The van der Waals surface area contributed by atoms with Crippen LogP contribution >= 0.6 is 0 Å². The Bertz CT molecular complexity index is 1100. The van der Waals surface area contributed by atoms with Gasteiger partial charge < -0.3 is 24.8 Å². The SMILES string of the molecule is CO[C@H]1CN(C)C(=O)c2cc(NC(C)=O)ccc2OC[C@@H](C)N(Cc2ccccc2C(=O)O)C[C@@H]1C. The third-order valence-electron chi connectivity index (χ3n) is 6.52. The van der Waals surface area contributed by atoms with Crippen molar-refractivity contribution in [2.45, 2.75) is 39.5 Å². The number of anilines is 1. The summed E-state index contributed by atoms with van der Waals surface area (Å²) >= 11 is 0. The molecule has 9 heteroatoms. The van der Waals surface area contributed by atoms with E-state index >= 15 is 0 Å². The Balaban J connectivity index is 1.98. The lowest BCUT2D eigenvalue weighted by molar-refractivity contribution is -0.114. The number of hydrogen-bond donors (Lipinski definition) is 2. The van der Waals surface area contributed by atoms with E-state index in [0.29, 0.717) is 36.6 Å². The normalized spacial score (nSPS) is 21.5. The Morgan fingerprint density at radius 3 is 2.56 bits per heavy atom. The first-order valence-electron chi connectivity index (χ1n) is 12.0. The van der Waals surface area contributed by atoms with Crippen LogP contribution in [0.1, 0.15) is 47.1 Å². The van der Waals surface area contributed by atoms with Crippen LogP contribution in [-0.2, 0) is 16.1 Å². The largest absolute Gasteiger partial charge is 0.491 e. The number of hydrogen-bond acceptors (Lipinski definition) is 6. The van der Waals surface area contributed by atoms with Crippen LogP contribution in [0.2, 0.25) is 0 Å². The molecule has 0 fully saturated rings. The van der Waals surface area contributed by atoms with Crippen molar-refractivity contribution in [3.8, 4) is 5.75 Å². The zero-order chi connectivity index (χ0) is 26.4. The summed E-state index contributed by atoms with van der Waals surface area (Å²) in [4.78, 5) is 40.5. The number of aromatic carboxylic acids is 1.